The maximum absolute atomic E-state index is 12.0. The maximum atomic E-state index is 12.0. The number of carbonyl (C=O) groups excluding carboxylic acids is 2. The van der Waals surface area contributed by atoms with Gasteiger partial charge in [-0.25, -0.2) is 4.79 Å². The van der Waals surface area contributed by atoms with Crippen LogP contribution in [0.4, 0.5) is 5.69 Å². The highest BCUT2D eigenvalue weighted by molar-refractivity contribution is 6.00. The van der Waals surface area contributed by atoms with Crippen molar-refractivity contribution in [2.75, 3.05) is 11.9 Å². The Morgan fingerprint density at radius 3 is 2.95 bits per heavy atom. The van der Waals surface area contributed by atoms with Gasteiger partial charge in [-0.3, -0.25) is 9.59 Å². The van der Waals surface area contributed by atoms with E-state index in [1.54, 1.807) is 0 Å². The summed E-state index contributed by atoms with van der Waals surface area (Å²) in [6.45, 7) is -0.132. The van der Waals surface area contributed by atoms with Crippen LogP contribution in [0.5, 0.6) is 5.75 Å². The topological polar surface area (TPSA) is 105 Å². The second-order valence-electron chi connectivity index (χ2n) is 4.32. The number of hydrogen-bond donors (Lipinski definition) is 3. The van der Waals surface area contributed by atoms with Crippen molar-refractivity contribution in [3.8, 4) is 18.1 Å². The lowest BCUT2D eigenvalue weighted by atomic mass is 10.1. The van der Waals surface area contributed by atoms with E-state index in [1.807, 2.05) is 0 Å². The zero-order valence-electron chi connectivity index (χ0n) is 10.9. The summed E-state index contributed by atoms with van der Waals surface area (Å²) in [5, 5.41) is 13.9. The van der Waals surface area contributed by atoms with E-state index in [-0.39, 0.29) is 24.5 Å². The summed E-state index contributed by atoms with van der Waals surface area (Å²) >= 11 is 0. The van der Waals surface area contributed by atoms with Crippen molar-refractivity contribution in [2.45, 2.75) is 12.5 Å². The Hall–Kier alpha value is -3.01. The molecule has 2 rings (SSSR count). The van der Waals surface area contributed by atoms with E-state index in [4.69, 9.17) is 16.3 Å². The highest BCUT2D eigenvalue weighted by atomic mass is 16.5. The second-order valence-corrected chi connectivity index (χ2v) is 4.32. The molecule has 108 valence electrons. The Bertz CT molecular complexity index is 647. The lowest BCUT2D eigenvalue weighted by Crippen LogP contribution is -2.40. The fourth-order valence-electron chi connectivity index (χ4n) is 1.78. The number of terminal acetylenes is 1. The average molecular weight is 288 g/mol. The van der Waals surface area contributed by atoms with Gasteiger partial charge in [0.2, 0.25) is 0 Å². The summed E-state index contributed by atoms with van der Waals surface area (Å²) in [5.74, 6) is 0.480. The molecule has 0 radical (unpaired) electrons. The summed E-state index contributed by atoms with van der Waals surface area (Å²) in [5.41, 5.74) is 0.675. The maximum Gasteiger partial charge on any atom is 0.327 e. The van der Waals surface area contributed by atoms with Crippen LogP contribution >= 0.6 is 0 Å². The molecule has 1 aliphatic rings. The van der Waals surface area contributed by atoms with Crippen LogP contribution in [0.3, 0.4) is 0 Å². The van der Waals surface area contributed by atoms with Gasteiger partial charge in [0.1, 0.15) is 11.8 Å². The van der Waals surface area contributed by atoms with Gasteiger partial charge in [0, 0.05) is 12.0 Å². The molecule has 0 aromatic heterocycles. The van der Waals surface area contributed by atoms with Crippen molar-refractivity contribution < 1.29 is 24.2 Å². The quantitative estimate of drug-likeness (QED) is 0.688. The van der Waals surface area contributed by atoms with Crippen molar-refractivity contribution in [1.29, 1.82) is 0 Å². The monoisotopic (exact) mass is 288 g/mol. The third kappa shape index (κ3) is 3.30. The number of carboxylic acid groups (broad SMARTS) is 1. The van der Waals surface area contributed by atoms with E-state index in [0.717, 1.165) is 0 Å². The number of nitrogens with one attached hydrogen (secondary N) is 2. The molecule has 3 N–H and O–H groups in total. The van der Waals surface area contributed by atoms with Crippen LogP contribution in [0, 0.1) is 12.3 Å². The molecular weight excluding hydrogens is 276 g/mol. The number of ether oxygens (including phenoxy) is 1. The Kier molecular flexibility index (Phi) is 4.09. The second kappa shape index (κ2) is 5.96. The van der Waals surface area contributed by atoms with Crippen LogP contribution in [0.2, 0.25) is 0 Å². The molecule has 1 aromatic carbocycles. The molecule has 0 bridgehead atoms. The fourth-order valence-corrected chi connectivity index (χ4v) is 1.78. The minimum absolute atomic E-state index is 0.113. The standard InChI is InChI=1S/C14H12N2O5/c1-2-3-10(14(19)20)16-13(18)8-4-5-9-11(6-8)21-7-12(17)15-9/h1,4-6,10H,3,7H2,(H,15,17)(H,16,18)(H,19,20). The van der Waals surface area contributed by atoms with Gasteiger partial charge < -0.3 is 20.5 Å². The average Bonchev–Trinajstić information content (AvgIpc) is 2.45. The molecule has 0 aliphatic carbocycles. The van der Waals surface area contributed by atoms with Gasteiger partial charge in [-0.15, -0.1) is 12.3 Å². The molecule has 21 heavy (non-hydrogen) atoms. The lowest BCUT2D eigenvalue weighted by Gasteiger charge is -2.18. The number of carbonyl (C=O) groups is 3. The molecule has 0 spiro atoms. The number of aliphatic carboxylic acids is 1. The number of anilines is 1. The van der Waals surface area contributed by atoms with Crippen LogP contribution in [0.15, 0.2) is 18.2 Å². The van der Waals surface area contributed by atoms with E-state index in [2.05, 4.69) is 16.6 Å². The first-order valence-electron chi connectivity index (χ1n) is 6.05. The molecule has 7 nitrogen and oxygen atoms in total. The minimum atomic E-state index is -1.21. The summed E-state index contributed by atoms with van der Waals surface area (Å²) in [6, 6.07) is 3.24. The third-order valence-electron chi connectivity index (χ3n) is 2.80. The van der Waals surface area contributed by atoms with Crippen LogP contribution < -0.4 is 15.4 Å². The molecule has 0 saturated heterocycles. The predicted molar refractivity (Wildman–Crippen MR) is 72.9 cm³/mol. The smallest absolute Gasteiger partial charge is 0.327 e. The summed E-state index contributed by atoms with van der Waals surface area (Å²) < 4.78 is 5.19. The number of rotatable bonds is 4. The van der Waals surface area contributed by atoms with Crippen LogP contribution in [-0.4, -0.2) is 35.5 Å². The number of benzene rings is 1. The Labute approximate surface area is 120 Å². The number of carboxylic acids is 1. The first-order chi connectivity index (χ1) is 10.0. The molecule has 1 aliphatic heterocycles. The van der Waals surface area contributed by atoms with Gasteiger partial charge in [-0.1, -0.05) is 0 Å². The number of fused-ring (bicyclic) bond motifs is 1. The molecule has 1 unspecified atom stereocenters. The van der Waals surface area contributed by atoms with Crippen LogP contribution in [-0.2, 0) is 9.59 Å². The van der Waals surface area contributed by atoms with E-state index in [0.29, 0.717) is 11.4 Å². The lowest BCUT2D eigenvalue weighted by molar-refractivity contribution is -0.139. The van der Waals surface area contributed by atoms with Gasteiger partial charge in [-0.2, -0.15) is 0 Å². The summed E-state index contributed by atoms with van der Waals surface area (Å²) in [4.78, 5) is 34.1. The summed E-state index contributed by atoms with van der Waals surface area (Å²) in [6.07, 6.45) is 4.95. The molecule has 2 amide bonds. The largest absolute Gasteiger partial charge is 0.482 e. The highest BCUT2D eigenvalue weighted by Gasteiger charge is 2.22. The van der Waals surface area contributed by atoms with Crippen molar-refractivity contribution >= 4 is 23.5 Å². The Morgan fingerprint density at radius 2 is 2.29 bits per heavy atom. The molecule has 1 heterocycles. The van der Waals surface area contributed by atoms with E-state index in [1.165, 1.54) is 18.2 Å². The molecule has 0 fully saturated rings. The molecule has 1 atom stereocenters. The van der Waals surface area contributed by atoms with Crippen LogP contribution in [0.25, 0.3) is 0 Å². The van der Waals surface area contributed by atoms with Gasteiger partial charge in [0.05, 0.1) is 5.69 Å². The highest BCUT2D eigenvalue weighted by Crippen LogP contribution is 2.28. The Morgan fingerprint density at radius 1 is 1.52 bits per heavy atom. The van der Waals surface area contributed by atoms with Gasteiger partial charge in [0.15, 0.2) is 6.61 Å². The zero-order chi connectivity index (χ0) is 15.4. The summed E-state index contributed by atoms with van der Waals surface area (Å²) in [7, 11) is 0. The van der Waals surface area contributed by atoms with Crippen molar-refractivity contribution in [3.05, 3.63) is 23.8 Å². The van der Waals surface area contributed by atoms with Gasteiger partial charge in [-0.05, 0) is 18.2 Å². The minimum Gasteiger partial charge on any atom is -0.482 e. The van der Waals surface area contributed by atoms with Crippen molar-refractivity contribution in [3.63, 3.8) is 0 Å². The fraction of sp³-hybridized carbons (Fsp3) is 0.214. The first-order valence-corrected chi connectivity index (χ1v) is 6.05. The van der Waals surface area contributed by atoms with Crippen molar-refractivity contribution in [1.82, 2.24) is 5.32 Å². The van der Waals surface area contributed by atoms with Gasteiger partial charge in [0.25, 0.3) is 11.8 Å². The molecule has 1 aromatic rings. The first kappa shape index (κ1) is 14.4. The van der Waals surface area contributed by atoms with Gasteiger partial charge >= 0.3 is 5.97 Å². The number of hydrogen-bond acceptors (Lipinski definition) is 4. The zero-order valence-corrected chi connectivity index (χ0v) is 10.9. The molecule has 0 saturated carbocycles. The Balaban J connectivity index is 2.15. The van der Waals surface area contributed by atoms with E-state index >= 15 is 0 Å². The van der Waals surface area contributed by atoms with Crippen LogP contribution in [0.1, 0.15) is 16.8 Å². The SMILES string of the molecule is C#CCC(NC(=O)c1ccc2c(c1)OCC(=O)N2)C(=O)O. The van der Waals surface area contributed by atoms with Crippen molar-refractivity contribution in [2.24, 2.45) is 0 Å². The molecule has 7 heteroatoms. The number of amides is 2. The predicted octanol–water partition coefficient (Wildman–Crippen LogP) is 0.224. The van der Waals surface area contributed by atoms with E-state index < -0.39 is 17.9 Å². The van der Waals surface area contributed by atoms with E-state index in [9.17, 15) is 14.4 Å². The third-order valence-corrected chi connectivity index (χ3v) is 2.80. The normalized spacial score (nSPS) is 14.0. The molecular formula is C14H12N2O5.